The Kier molecular flexibility index (Phi) is 4.50. The van der Waals surface area contributed by atoms with Crippen molar-refractivity contribution in [2.24, 2.45) is 0 Å². The molecule has 0 unspecified atom stereocenters. The van der Waals surface area contributed by atoms with Gasteiger partial charge in [0.2, 0.25) is 0 Å². The van der Waals surface area contributed by atoms with Crippen LogP contribution < -0.4 is 5.32 Å². The number of thioether (sulfide) groups is 1. The van der Waals surface area contributed by atoms with Gasteiger partial charge in [-0.1, -0.05) is 23.8 Å². The Hall–Kier alpha value is -1.74. The van der Waals surface area contributed by atoms with Gasteiger partial charge in [-0.15, -0.1) is 11.8 Å². The third-order valence-corrected chi connectivity index (χ3v) is 4.04. The minimum atomic E-state index is -0.0506. The molecule has 104 valence electrons. The molecule has 2 nitrogen and oxygen atoms in total. The van der Waals surface area contributed by atoms with Crippen molar-refractivity contribution in [3.8, 4) is 0 Å². The smallest absolute Gasteiger partial charge is 0.255 e. The Balaban J connectivity index is 2.28. The first-order valence-electron chi connectivity index (χ1n) is 6.54. The fraction of sp³-hybridized carbons (Fsp3) is 0.235. The van der Waals surface area contributed by atoms with Crippen LogP contribution in [0.1, 0.15) is 27.0 Å². The van der Waals surface area contributed by atoms with Gasteiger partial charge in [-0.05, 0) is 56.4 Å². The van der Waals surface area contributed by atoms with Gasteiger partial charge in [-0.25, -0.2) is 0 Å². The SMILES string of the molecule is CSc1ccc(C)c(C(=O)Nc2ccc(C)cc2C)c1. The van der Waals surface area contributed by atoms with E-state index in [1.807, 2.05) is 57.4 Å². The van der Waals surface area contributed by atoms with Gasteiger partial charge in [-0.3, -0.25) is 4.79 Å². The van der Waals surface area contributed by atoms with Gasteiger partial charge in [0.1, 0.15) is 0 Å². The van der Waals surface area contributed by atoms with E-state index >= 15 is 0 Å². The van der Waals surface area contributed by atoms with Crippen molar-refractivity contribution in [2.75, 3.05) is 11.6 Å². The minimum Gasteiger partial charge on any atom is -0.322 e. The standard InChI is InChI=1S/C17H19NOS/c1-11-5-8-16(13(3)9-11)18-17(19)15-10-14(20-4)7-6-12(15)2/h5-10H,1-4H3,(H,18,19). The third-order valence-electron chi connectivity index (χ3n) is 3.32. The molecule has 0 saturated carbocycles. The molecule has 0 saturated heterocycles. The lowest BCUT2D eigenvalue weighted by Crippen LogP contribution is -2.14. The number of carbonyl (C=O) groups is 1. The average Bonchev–Trinajstić information content (AvgIpc) is 2.42. The summed E-state index contributed by atoms with van der Waals surface area (Å²) in [6, 6.07) is 12.0. The fourth-order valence-electron chi connectivity index (χ4n) is 2.12. The topological polar surface area (TPSA) is 29.1 Å². The predicted octanol–water partition coefficient (Wildman–Crippen LogP) is 4.59. The summed E-state index contributed by atoms with van der Waals surface area (Å²) in [4.78, 5) is 13.5. The van der Waals surface area contributed by atoms with E-state index in [9.17, 15) is 4.79 Å². The summed E-state index contributed by atoms with van der Waals surface area (Å²) < 4.78 is 0. The van der Waals surface area contributed by atoms with Crippen LogP contribution >= 0.6 is 11.8 Å². The molecule has 0 bridgehead atoms. The van der Waals surface area contributed by atoms with Crippen LogP contribution in [-0.2, 0) is 0 Å². The quantitative estimate of drug-likeness (QED) is 0.836. The van der Waals surface area contributed by atoms with Crippen LogP contribution in [0, 0.1) is 20.8 Å². The number of rotatable bonds is 3. The van der Waals surface area contributed by atoms with E-state index in [1.54, 1.807) is 11.8 Å². The monoisotopic (exact) mass is 285 g/mol. The maximum Gasteiger partial charge on any atom is 0.255 e. The zero-order valence-corrected chi connectivity index (χ0v) is 13.1. The molecule has 3 heteroatoms. The molecule has 1 amide bonds. The highest BCUT2D eigenvalue weighted by Gasteiger charge is 2.11. The summed E-state index contributed by atoms with van der Waals surface area (Å²) in [5, 5.41) is 3.00. The molecule has 20 heavy (non-hydrogen) atoms. The molecular formula is C17H19NOS. The number of hydrogen-bond acceptors (Lipinski definition) is 2. The molecule has 0 spiro atoms. The molecule has 0 fully saturated rings. The van der Waals surface area contributed by atoms with Crippen LogP contribution in [-0.4, -0.2) is 12.2 Å². The molecule has 1 N–H and O–H groups in total. The predicted molar refractivity (Wildman–Crippen MR) is 86.8 cm³/mol. The normalized spacial score (nSPS) is 10.4. The van der Waals surface area contributed by atoms with E-state index in [-0.39, 0.29) is 5.91 Å². The van der Waals surface area contributed by atoms with Gasteiger partial charge in [0.05, 0.1) is 0 Å². The molecule has 0 radical (unpaired) electrons. The van der Waals surface area contributed by atoms with Crippen LogP contribution in [0.4, 0.5) is 5.69 Å². The number of aryl methyl sites for hydroxylation is 3. The Bertz CT molecular complexity index is 649. The summed E-state index contributed by atoms with van der Waals surface area (Å²) in [6.45, 7) is 6.01. The lowest BCUT2D eigenvalue weighted by atomic mass is 10.1. The zero-order chi connectivity index (χ0) is 14.7. The number of carbonyl (C=O) groups excluding carboxylic acids is 1. The maximum atomic E-state index is 12.4. The molecule has 0 aromatic heterocycles. The van der Waals surface area contributed by atoms with Crippen LogP contribution in [0.25, 0.3) is 0 Å². The minimum absolute atomic E-state index is 0.0506. The van der Waals surface area contributed by atoms with Crippen molar-refractivity contribution < 1.29 is 4.79 Å². The lowest BCUT2D eigenvalue weighted by Gasteiger charge is -2.11. The second kappa shape index (κ2) is 6.14. The van der Waals surface area contributed by atoms with Gasteiger partial charge in [0, 0.05) is 16.1 Å². The summed E-state index contributed by atoms with van der Waals surface area (Å²) >= 11 is 1.64. The van der Waals surface area contributed by atoms with Gasteiger partial charge >= 0.3 is 0 Å². The first-order chi connectivity index (χ1) is 9.51. The summed E-state index contributed by atoms with van der Waals surface area (Å²) in [5.41, 5.74) is 4.87. The lowest BCUT2D eigenvalue weighted by molar-refractivity contribution is 0.102. The summed E-state index contributed by atoms with van der Waals surface area (Å²) in [7, 11) is 0. The van der Waals surface area contributed by atoms with Gasteiger partial charge in [0.15, 0.2) is 0 Å². The third kappa shape index (κ3) is 3.23. The van der Waals surface area contributed by atoms with E-state index < -0.39 is 0 Å². The van der Waals surface area contributed by atoms with E-state index in [1.165, 1.54) is 5.56 Å². The Morgan fingerprint density at radius 1 is 1.00 bits per heavy atom. The van der Waals surface area contributed by atoms with Crippen molar-refractivity contribution in [1.82, 2.24) is 0 Å². The Labute approximate surface area is 124 Å². The second-order valence-corrected chi connectivity index (χ2v) is 5.83. The fourth-order valence-corrected chi connectivity index (χ4v) is 2.56. The summed E-state index contributed by atoms with van der Waals surface area (Å²) in [6.07, 6.45) is 2.01. The van der Waals surface area contributed by atoms with Gasteiger partial charge in [0.25, 0.3) is 5.91 Å². The van der Waals surface area contributed by atoms with E-state index in [0.29, 0.717) is 0 Å². The zero-order valence-electron chi connectivity index (χ0n) is 12.3. The van der Waals surface area contributed by atoms with Crippen LogP contribution in [0.2, 0.25) is 0 Å². The first-order valence-corrected chi connectivity index (χ1v) is 7.77. The van der Waals surface area contributed by atoms with Crippen molar-refractivity contribution in [1.29, 1.82) is 0 Å². The Morgan fingerprint density at radius 3 is 2.40 bits per heavy atom. The molecule has 2 aromatic rings. The van der Waals surface area contributed by atoms with Gasteiger partial charge in [-0.2, -0.15) is 0 Å². The van der Waals surface area contributed by atoms with E-state index in [0.717, 1.165) is 27.3 Å². The first kappa shape index (κ1) is 14.7. The van der Waals surface area contributed by atoms with Crippen LogP contribution in [0.3, 0.4) is 0 Å². The van der Waals surface area contributed by atoms with Gasteiger partial charge < -0.3 is 5.32 Å². The van der Waals surface area contributed by atoms with Crippen molar-refractivity contribution in [2.45, 2.75) is 25.7 Å². The maximum absolute atomic E-state index is 12.4. The average molecular weight is 285 g/mol. The molecule has 2 aromatic carbocycles. The van der Waals surface area contributed by atoms with E-state index in [2.05, 4.69) is 11.4 Å². The summed E-state index contributed by atoms with van der Waals surface area (Å²) in [5.74, 6) is -0.0506. The van der Waals surface area contributed by atoms with Crippen LogP contribution in [0.5, 0.6) is 0 Å². The molecule has 0 atom stereocenters. The van der Waals surface area contributed by atoms with Crippen molar-refractivity contribution >= 4 is 23.4 Å². The largest absolute Gasteiger partial charge is 0.322 e. The molecular weight excluding hydrogens is 266 g/mol. The number of anilines is 1. The molecule has 0 aliphatic rings. The van der Waals surface area contributed by atoms with E-state index in [4.69, 9.17) is 0 Å². The molecule has 0 heterocycles. The van der Waals surface area contributed by atoms with Crippen LogP contribution in [0.15, 0.2) is 41.3 Å². The molecule has 2 rings (SSSR count). The number of amides is 1. The second-order valence-electron chi connectivity index (χ2n) is 4.95. The number of hydrogen-bond donors (Lipinski definition) is 1. The highest BCUT2D eigenvalue weighted by Crippen LogP contribution is 2.21. The number of nitrogens with one attached hydrogen (secondary N) is 1. The number of benzene rings is 2. The highest BCUT2D eigenvalue weighted by molar-refractivity contribution is 7.98. The molecule has 0 aliphatic heterocycles. The van der Waals surface area contributed by atoms with Crippen molar-refractivity contribution in [3.05, 3.63) is 58.7 Å². The Morgan fingerprint density at radius 2 is 1.75 bits per heavy atom. The molecule has 0 aliphatic carbocycles. The van der Waals surface area contributed by atoms with Crippen molar-refractivity contribution in [3.63, 3.8) is 0 Å². The highest BCUT2D eigenvalue weighted by atomic mass is 32.2.